The molecule has 32 heavy (non-hydrogen) atoms. The summed E-state index contributed by atoms with van der Waals surface area (Å²) in [7, 11) is 0. The Bertz CT molecular complexity index is 1410. The van der Waals surface area contributed by atoms with Crippen molar-refractivity contribution in [1.82, 2.24) is 20.0 Å². The van der Waals surface area contributed by atoms with E-state index in [1.807, 2.05) is 42.2 Å². The van der Waals surface area contributed by atoms with Gasteiger partial charge in [0.1, 0.15) is 11.5 Å². The molecule has 1 saturated heterocycles. The Labute approximate surface area is 182 Å². The van der Waals surface area contributed by atoms with Crippen molar-refractivity contribution in [3.63, 3.8) is 0 Å². The molecule has 0 radical (unpaired) electrons. The van der Waals surface area contributed by atoms with E-state index in [1.54, 1.807) is 12.3 Å². The van der Waals surface area contributed by atoms with Gasteiger partial charge in [-0.3, -0.25) is 29.4 Å². The highest BCUT2D eigenvalue weighted by atomic mass is 16.2. The maximum absolute atomic E-state index is 13.5. The fraction of sp³-hybridized carbons (Fsp3) is 0.261. The number of carbonyl (C=O) groups excluding carboxylic acids is 3. The molecule has 9 heteroatoms. The van der Waals surface area contributed by atoms with Gasteiger partial charge in [-0.2, -0.15) is 0 Å². The topological polar surface area (TPSA) is 113 Å². The lowest BCUT2D eigenvalue weighted by Crippen LogP contribution is -2.69. The van der Waals surface area contributed by atoms with Crippen molar-refractivity contribution in [3.05, 3.63) is 75.2 Å². The zero-order valence-corrected chi connectivity index (χ0v) is 17.2. The number of nitrogens with zero attached hydrogens (tertiary/aromatic N) is 3. The molecular weight excluding hydrogens is 410 g/mol. The number of amides is 4. The van der Waals surface area contributed by atoms with Crippen molar-refractivity contribution >= 4 is 29.3 Å². The molecule has 3 aliphatic rings. The standard InChI is InChI=1S/C23H19N5O4/c1-12-5-4-9-28-17(12)24-18-15(19(28)29)11-23(20(30)25-22(32)26-21(23)31)16-14-7-3-2-6-13(14)8-10-27(16)18/h2-7,9,16H,8,10-11H2,1H3,(H2,25,26,30,31,32). The van der Waals surface area contributed by atoms with Crippen molar-refractivity contribution in [2.75, 3.05) is 11.4 Å². The third kappa shape index (κ3) is 2.25. The summed E-state index contributed by atoms with van der Waals surface area (Å²) >= 11 is 0. The van der Waals surface area contributed by atoms with Crippen molar-refractivity contribution < 1.29 is 14.4 Å². The number of benzene rings is 1. The molecule has 3 aromatic rings. The zero-order chi connectivity index (χ0) is 22.2. The lowest BCUT2D eigenvalue weighted by molar-refractivity contribution is -0.146. The van der Waals surface area contributed by atoms with Crippen LogP contribution in [0.25, 0.3) is 5.65 Å². The monoisotopic (exact) mass is 429 g/mol. The molecule has 160 valence electrons. The Balaban J connectivity index is 1.69. The molecule has 1 aromatic carbocycles. The van der Waals surface area contributed by atoms with Crippen molar-refractivity contribution in [3.8, 4) is 0 Å². The molecule has 0 saturated carbocycles. The summed E-state index contributed by atoms with van der Waals surface area (Å²) in [4.78, 5) is 58.8. The third-order valence-electron chi connectivity index (χ3n) is 6.86. The van der Waals surface area contributed by atoms with Crippen LogP contribution in [0.1, 0.15) is 28.3 Å². The van der Waals surface area contributed by atoms with E-state index in [2.05, 4.69) is 10.6 Å². The molecule has 1 fully saturated rings. The lowest BCUT2D eigenvalue weighted by Gasteiger charge is -2.51. The SMILES string of the molecule is Cc1cccn2c(=O)c3c(nc12)N1CCc2ccccc2C1C1(C3)C(=O)NC(=O)NC1=O. The molecule has 0 bridgehead atoms. The summed E-state index contributed by atoms with van der Waals surface area (Å²) in [5, 5.41) is 4.53. The van der Waals surface area contributed by atoms with E-state index in [4.69, 9.17) is 4.98 Å². The minimum Gasteiger partial charge on any atom is -0.347 e. The number of hydrogen-bond acceptors (Lipinski definition) is 6. The molecule has 1 spiro atoms. The number of hydrogen-bond donors (Lipinski definition) is 2. The first-order valence-electron chi connectivity index (χ1n) is 10.4. The second-order valence-corrected chi connectivity index (χ2v) is 8.53. The second kappa shape index (κ2) is 6.25. The maximum atomic E-state index is 13.5. The number of fused-ring (bicyclic) bond motifs is 7. The van der Waals surface area contributed by atoms with Gasteiger partial charge in [-0.25, -0.2) is 9.78 Å². The molecule has 6 rings (SSSR count). The first-order chi connectivity index (χ1) is 15.4. The molecule has 5 heterocycles. The van der Waals surface area contributed by atoms with Gasteiger partial charge in [0.25, 0.3) is 5.56 Å². The molecule has 1 atom stereocenters. The van der Waals surface area contributed by atoms with Crippen LogP contribution in [-0.4, -0.2) is 33.8 Å². The lowest BCUT2D eigenvalue weighted by atomic mass is 9.65. The van der Waals surface area contributed by atoms with Gasteiger partial charge in [-0.05, 0) is 36.1 Å². The highest BCUT2D eigenvalue weighted by Crippen LogP contribution is 2.51. The number of nitrogens with one attached hydrogen (secondary N) is 2. The predicted octanol–water partition coefficient (Wildman–Crippen LogP) is 1.02. The number of aryl methyl sites for hydroxylation is 1. The Morgan fingerprint density at radius 3 is 2.56 bits per heavy atom. The summed E-state index contributed by atoms with van der Waals surface area (Å²) in [6.45, 7) is 2.37. The van der Waals surface area contributed by atoms with Crippen LogP contribution in [-0.2, 0) is 22.4 Å². The van der Waals surface area contributed by atoms with E-state index < -0.39 is 29.3 Å². The normalized spacial score (nSPS) is 21.0. The number of imide groups is 2. The molecular formula is C23H19N5O4. The van der Waals surface area contributed by atoms with E-state index in [-0.39, 0.29) is 12.0 Å². The quantitative estimate of drug-likeness (QED) is 0.516. The molecule has 2 aromatic heterocycles. The highest BCUT2D eigenvalue weighted by molar-refractivity contribution is 6.20. The average molecular weight is 429 g/mol. The zero-order valence-electron chi connectivity index (χ0n) is 17.2. The van der Waals surface area contributed by atoms with Gasteiger partial charge < -0.3 is 4.90 Å². The van der Waals surface area contributed by atoms with E-state index in [1.165, 1.54) is 4.40 Å². The molecule has 1 unspecified atom stereocenters. The summed E-state index contributed by atoms with van der Waals surface area (Å²) in [5.41, 5.74) is 1.55. The Morgan fingerprint density at radius 2 is 1.78 bits per heavy atom. The fourth-order valence-electron chi connectivity index (χ4n) is 5.39. The van der Waals surface area contributed by atoms with Gasteiger partial charge in [-0.1, -0.05) is 30.3 Å². The third-order valence-corrected chi connectivity index (χ3v) is 6.86. The van der Waals surface area contributed by atoms with E-state index in [9.17, 15) is 19.2 Å². The Morgan fingerprint density at radius 1 is 1.03 bits per heavy atom. The minimum atomic E-state index is -1.67. The maximum Gasteiger partial charge on any atom is 0.328 e. The number of aromatic nitrogens is 2. The van der Waals surface area contributed by atoms with Crippen LogP contribution in [0, 0.1) is 12.3 Å². The summed E-state index contributed by atoms with van der Waals surface area (Å²) < 4.78 is 1.45. The van der Waals surface area contributed by atoms with E-state index in [0.717, 1.165) is 16.7 Å². The van der Waals surface area contributed by atoms with E-state index in [0.29, 0.717) is 30.0 Å². The number of barbiturate groups is 1. The van der Waals surface area contributed by atoms with Crippen LogP contribution < -0.4 is 21.1 Å². The molecule has 2 N–H and O–H groups in total. The largest absolute Gasteiger partial charge is 0.347 e. The van der Waals surface area contributed by atoms with Gasteiger partial charge in [0, 0.05) is 19.2 Å². The first kappa shape index (κ1) is 18.7. The highest BCUT2D eigenvalue weighted by Gasteiger charge is 2.62. The molecule has 3 aliphatic heterocycles. The van der Waals surface area contributed by atoms with Crippen molar-refractivity contribution in [1.29, 1.82) is 0 Å². The number of anilines is 1. The minimum absolute atomic E-state index is 0.147. The Kier molecular flexibility index (Phi) is 3.66. The summed E-state index contributed by atoms with van der Waals surface area (Å²) in [5.74, 6) is -0.901. The average Bonchev–Trinajstić information content (AvgIpc) is 2.78. The van der Waals surface area contributed by atoms with Crippen LogP contribution in [0.2, 0.25) is 0 Å². The summed E-state index contributed by atoms with van der Waals surface area (Å²) in [6.07, 6.45) is 2.16. The van der Waals surface area contributed by atoms with Gasteiger partial charge in [-0.15, -0.1) is 0 Å². The van der Waals surface area contributed by atoms with Crippen LogP contribution in [0.3, 0.4) is 0 Å². The van der Waals surface area contributed by atoms with Crippen LogP contribution in [0.4, 0.5) is 10.6 Å². The number of pyridine rings is 1. The van der Waals surface area contributed by atoms with E-state index >= 15 is 0 Å². The second-order valence-electron chi connectivity index (χ2n) is 8.53. The Hall–Kier alpha value is -4.01. The van der Waals surface area contributed by atoms with Gasteiger partial charge in [0.2, 0.25) is 11.8 Å². The van der Waals surface area contributed by atoms with Gasteiger partial charge >= 0.3 is 6.03 Å². The van der Waals surface area contributed by atoms with Crippen molar-refractivity contribution in [2.45, 2.75) is 25.8 Å². The smallest absolute Gasteiger partial charge is 0.328 e. The van der Waals surface area contributed by atoms with Crippen LogP contribution >= 0.6 is 0 Å². The summed E-state index contributed by atoms with van der Waals surface area (Å²) in [6, 6.07) is 9.76. The molecule has 9 nitrogen and oxygen atoms in total. The molecule has 0 aliphatic carbocycles. The van der Waals surface area contributed by atoms with Crippen molar-refractivity contribution in [2.24, 2.45) is 5.41 Å². The number of carbonyl (C=O) groups is 3. The van der Waals surface area contributed by atoms with Crippen LogP contribution in [0.15, 0.2) is 47.4 Å². The van der Waals surface area contributed by atoms with Gasteiger partial charge in [0.15, 0.2) is 5.41 Å². The van der Waals surface area contributed by atoms with Gasteiger partial charge in [0.05, 0.1) is 11.6 Å². The first-order valence-corrected chi connectivity index (χ1v) is 10.4. The fourth-order valence-corrected chi connectivity index (χ4v) is 5.39. The predicted molar refractivity (Wildman–Crippen MR) is 114 cm³/mol. The molecule has 4 amide bonds. The van der Waals surface area contributed by atoms with Crippen LogP contribution in [0.5, 0.6) is 0 Å². The number of urea groups is 1. The number of rotatable bonds is 0.